The number of rotatable bonds is 11. The number of aryl methyl sites for hydroxylation is 1. The number of carbonyl (C=O) groups is 1. The van der Waals surface area contributed by atoms with Crippen LogP contribution in [0.5, 0.6) is 11.5 Å². The highest BCUT2D eigenvalue weighted by Crippen LogP contribution is 2.39. The number of benzene rings is 2. The zero-order valence-corrected chi connectivity index (χ0v) is 28.8. The number of nitrogens with zero attached hydrogens (tertiary/aromatic N) is 6. The lowest BCUT2D eigenvalue weighted by molar-refractivity contribution is -0.150. The standard InChI is InChI=1S/C37H46N6O4/c1-10-12-17-42(11-2)26-13-15-29(23(4)20-26)39-36-32(38-7)31(37(44)47-33-24(5)18-22(3)19-25(33)6)35-40-34(41-43(35)36)28-21-27(45-8)14-16-30(28)46-9/h13-16,20-22,24-25,33H,10-12,17-19H2,1-6,8-9H3/b39-36+. The minimum atomic E-state index is -0.584. The molecule has 3 aromatic rings. The lowest BCUT2D eigenvalue weighted by atomic mass is 9.75. The predicted molar refractivity (Wildman–Crippen MR) is 185 cm³/mol. The molecule has 0 bridgehead atoms. The van der Waals surface area contributed by atoms with Gasteiger partial charge in [-0.3, -0.25) is 0 Å². The van der Waals surface area contributed by atoms with E-state index in [2.05, 4.69) is 56.5 Å². The van der Waals surface area contributed by atoms with E-state index in [1.165, 1.54) is 4.68 Å². The van der Waals surface area contributed by atoms with Crippen molar-refractivity contribution in [3.05, 3.63) is 64.9 Å². The molecule has 1 fully saturated rings. The molecule has 5 rings (SSSR count). The average Bonchev–Trinajstić information content (AvgIpc) is 3.61. The van der Waals surface area contributed by atoms with Crippen LogP contribution in [0, 0.1) is 31.2 Å². The van der Waals surface area contributed by atoms with E-state index in [0.717, 1.165) is 50.0 Å². The molecule has 0 amide bonds. The van der Waals surface area contributed by atoms with E-state index in [9.17, 15) is 4.79 Å². The summed E-state index contributed by atoms with van der Waals surface area (Å²) in [7, 11) is 3.16. The second-order valence-corrected chi connectivity index (χ2v) is 12.8. The molecule has 1 aliphatic carbocycles. The predicted octanol–water partition coefficient (Wildman–Crippen LogP) is 7.73. The molecule has 47 heavy (non-hydrogen) atoms. The van der Waals surface area contributed by atoms with Gasteiger partial charge in [-0.05, 0) is 92.8 Å². The van der Waals surface area contributed by atoms with Crippen molar-refractivity contribution in [3.63, 3.8) is 0 Å². The number of aromatic nitrogens is 3. The van der Waals surface area contributed by atoms with Crippen molar-refractivity contribution in [1.29, 1.82) is 0 Å². The summed E-state index contributed by atoms with van der Waals surface area (Å²) in [6.07, 6.45) is 3.92. The Morgan fingerprint density at radius 2 is 1.83 bits per heavy atom. The quantitative estimate of drug-likeness (QED) is 0.157. The molecule has 10 heteroatoms. The minimum absolute atomic E-state index is 0.0697. The molecule has 2 heterocycles. The van der Waals surface area contributed by atoms with Gasteiger partial charge in [-0.25, -0.2) is 24.3 Å². The van der Waals surface area contributed by atoms with E-state index in [4.69, 9.17) is 35.9 Å². The first-order valence-corrected chi connectivity index (χ1v) is 16.6. The molecule has 2 aromatic carbocycles. The van der Waals surface area contributed by atoms with Gasteiger partial charge in [0.15, 0.2) is 17.5 Å². The van der Waals surface area contributed by atoms with Crippen molar-refractivity contribution in [2.75, 3.05) is 32.2 Å². The van der Waals surface area contributed by atoms with Crippen molar-refractivity contribution in [3.8, 4) is 22.9 Å². The molecule has 2 aliphatic rings. The molecule has 1 saturated carbocycles. The van der Waals surface area contributed by atoms with Crippen LogP contribution in [-0.4, -0.2) is 60.0 Å². The molecule has 1 aliphatic heterocycles. The summed E-state index contributed by atoms with van der Waals surface area (Å²) in [5.41, 5.74) is 3.47. The fraction of sp³-hybridized carbons (Fsp3) is 0.486. The summed E-state index contributed by atoms with van der Waals surface area (Å²) in [5, 5.41) is 4.80. The Hall–Kier alpha value is -4.65. The van der Waals surface area contributed by atoms with Gasteiger partial charge < -0.3 is 19.1 Å². The second-order valence-electron chi connectivity index (χ2n) is 12.8. The number of hydrogen-bond acceptors (Lipinski definition) is 8. The highest BCUT2D eigenvalue weighted by molar-refractivity contribution is 6.29. The first-order valence-electron chi connectivity index (χ1n) is 16.6. The Morgan fingerprint density at radius 3 is 2.45 bits per heavy atom. The maximum Gasteiger partial charge on any atom is 0.331 e. The molecule has 248 valence electrons. The normalized spacial score (nSPS) is 21.4. The molecule has 0 radical (unpaired) electrons. The number of esters is 1. The fourth-order valence-corrected chi connectivity index (χ4v) is 6.94. The summed E-state index contributed by atoms with van der Waals surface area (Å²) in [6.45, 7) is 22.9. The lowest BCUT2D eigenvalue weighted by Crippen LogP contribution is -2.37. The molecule has 10 nitrogen and oxygen atoms in total. The summed E-state index contributed by atoms with van der Waals surface area (Å²) in [4.78, 5) is 30.0. The van der Waals surface area contributed by atoms with E-state index in [1.807, 2.05) is 13.0 Å². The Morgan fingerprint density at radius 1 is 1.09 bits per heavy atom. The SMILES string of the molecule is [C-]#[N+]C1=C(C(=O)OC2C(C)CC(C)CC2C)c2nc(-c3cc(OC)ccc3OC)nn2/C1=N/c1ccc(N(CC)CCCC)cc1C. The molecular weight excluding hydrogens is 592 g/mol. The van der Waals surface area contributed by atoms with Crippen LogP contribution in [0.1, 0.15) is 71.7 Å². The van der Waals surface area contributed by atoms with Crippen molar-refractivity contribution in [2.24, 2.45) is 22.7 Å². The first kappa shape index (κ1) is 33.7. The number of fused-ring (bicyclic) bond motifs is 1. The zero-order valence-electron chi connectivity index (χ0n) is 28.8. The van der Waals surface area contributed by atoms with Crippen LogP contribution in [0.15, 0.2) is 47.1 Å². The van der Waals surface area contributed by atoms with E-state index < -0.39 is 5.97 Å². The van der Waals surface area contributed by atoms with Crippen LogP contribution in [0.3, 0.4) is 0 Å². The van der Waals surface area contributed by atoms with Crippen LogP contribution < -0.4 is 14.4 Å². The summed E-state index contributed by atoms with van der Waals surface area (Å²) >= 11 is 0. The molecule has 0 saturated heterocycles. The molecule has 2 unspecified atom stereocenters. The number of allylic oxidation sites excluding steroid dienone is 1. The van der Waals surface area contributed by atoms with Gasteiger partial charge in [-0.15, -0.1) is 5.10 Å². The third-order valence-electron chi connectivity index (χ3n) is 9.29. The number of carbonyl (C=O) groups excluding carboxylic acids is 1. The van der Waals surface area contributed by atoms with Crippen LogP contribution in [0.25, 0.3) is 21.8 Å². The van der Waals surface area contributed by atoms with Crippen LogP contribution in [0.4, 0.5) is 11.4 Å². The van der Waals surface area contributed by atoms with E-state index in [1.54, 1.807) is 32.4 Å². The zero-order chi connectivity index (χ0) is 33.8. The van der Waals surface area contributed by atoms with Crippen molar-refractivity contribution < 1.29 is 19.0 Å². The number of hydrogen-bond donors (Lipinski definition) is 0. The van der Waals surface area contributed by atoms with Crippen LogP contribution in [-0.2, 0) is 9.53 Å². The van der Waals surface area contributed by atoms with Crippen molar-refractivity contribution in [1.82, 2.24) is 14.8 Å². The second kappa shape index (κ2) is 14.4. The third kappa shape index (κ3) is 6.76. The summed E-state index contributed by atoms with van der Waals surface area (Å²) < 4.78 is 18.8. The number of aliphatic imine (C=N–C) groups is 1. The van der Waals surface area contributed by atoms with Crippen LogP contribution in [0.2, 0.25) is 0 Å². The molecule has 0 spiro atoms. The van der Waals surface area contributed by atoms with Gasteiger partial charge in [-0.2, -0.15) is 0 Å². The van der Waals surface area contributed by atoms with E-state index in [-0.39, 0.29) is 40.9 Å². The molecule has 0 N–H and O–H groups in total. The van der Waals surface area contributed by atoms with Gasteiger partial charge >= 0.3 is 5.97 Å². The lowest BCUT2D eigenvalue weighted by Gasteiger charge is -2.37. The Balaban J connectivity index is 1.63. The van der Waals surface area contributed by atoms with Gasteiger partial charge in [0.1, 0.15) is 23.2 Å². The largest absolute Gasteiger partial charge is 0.497 e. The molecule has 1 aromatic heterocycles. The van der Waals surface area contributed by atoms with Gasteiger partial charge in [0, 0.05) is 18.8 Å². The van der Waals surface area contributed by atoms with Crippen molar-refractivity contribution in [2.45, 2.75) is 73.3 Å². The van der Waals surface area contributed by atoms with E-state index >= 15 is 0 Å². The topological polar surface area (TPSA) is 95.4 Å². The summed E-state index contributed by atoms with van der Waals surface area (Å²) in [6, 6.07) is 11.5. The Kier molecular flexibility index (Phi) is 10.3. The van der Waals surface area contributed by atoms with Gasteiger partial charge in [-0.1, -0.05) is 34.1 Å². The smallest absolute Gasteiger partial charge is 0.331 e. The maximum atomic E-state index is 14.1. The maximum absolute atomic E-state index is 14.1. The van der Waals surface area contributed by atoms with Crippen molar-refractivity contribution >= 4 is 28.8 Å². The van der Waals surface area contributed by atoms with Gasteiger partial charge in [0.25, 0.3) is 0 Å². The van der Waals surface area contributed by atoms with Gasteiger partial charge in [0.05, 0.1) is 32.0 Å². The number of ether oxygens (including phenoxy) is 3. The molecular formula is C37H46N6O4. The number of anilines is 1. The number of methoxy groups -OCH3 is 2. The average molecular weight is 639 g/mol. The van der Waals surface area contributed by atoms with Crippen LogP contribution >= 0.6 is 0 Å². The first-order chi connectivity index (χ1) is 22.6. The third-order valence-corrected chi connectivity index (χ3v) is 9.29. The van der Waals surface area contributed by atoms with Gasteiger partial charge in [0.2, 0.25) is 5.70 Å². The highest BCUT2D eigenvalue weighted by Gasteiger charge is 2.41. The molecule has 2 atom stereocenters. The van der Waals surface area contributed by atoms with E-state index in [0.29, 0.717) is 34.5 Å². The fourth-order valence-electron chi connectivity index (χ4n) is 6.94. The minimum Gasteiger partial charge on any atom is -0.497 e. The monoisotopic (exact) mass is 638 g/mol. The summed E-state index contributed by atoms with van der Waals surface area (Å²) in [5.74, 6) is 2.27. The number of unbranched alkanes of at least 4 members (excludes halogenated alkanes) is 1. The highest BCUT2D eigenvalue weighted by atomic mass is 16.5. The Bertz CT molecular complexity index is 1720. The Labute approximate surface area is 278 Å².